The number of rotatable bonds is 14. The highest BCUT2D eigenvalue weighted by molar-refractivity contribution is 9.10. The molecule has 3 aromatic carbocycles. The highest BCUT2D eigenvalue weighted by Gasteiger charge is 2.44. The smallest absolute Gasteiger partial charge is 0.329 e. The van der Waals surface area contributed by atoms with Gasteiger partial charge < -0.3 is 35.1 Å². The summed E-state index contributed by atoms with van der Waals surface area (Å²) in [5.41, 5.74) is 9.69. The highest BCUT2D eigenvalue weighted by Crippen LogP contribution is 2.38. The minimum atomic E-state index is -2.14. The van der Waals surface area contributed by atoms with Crippen LogP contribution in [0.4, 0.5) is 0 Å². The summed E-state index contributed by atoms with van der Waals surface area (Å²) in [6, 6.07) is 20.1. The number of pyridine rings is 1. The first-order valence-electron chi connectivity index (χ1n) is 16.7. The number of piperidine rings is 1. The standard InChI is InChI=1S/C38H39BrClN5O7/c1-23-28(7-3-8-29(23)36-43-33(44-52-36)19-45-15-12-27(47)13-16-45)30-9-2-6-26(34(30)39)21-50-32-11-10-25(17-31(32)40)35(38(41,22-46)37(48)49)51-20-24-5-4-14-42-18-24/h2-11,14,17-18,27,35,46-47H,12-13,15-16,19-22,41H2,1H3,(H,48,49)/t35?,38-/m1/s1. The van der Waals surface area contributed by atoms with Crippen LogP contribution in [-0.2, 0) is 29.3 Å². The van der Waals surface area contributed by atoms with E-state index in [1.54, 1.807) is 36.7 Å². The Balaban J connectivity index is 1.18. The predicted molar refractivity (Wildman–Crippen MR) is 197 cm³/mol. The van der Waals surface area contributed by atoms with E-state index in [1.807, 2.05) is 43.3 Å². The normalized spacial score (nSPS) is 15.7. The number of aromatic nitrogens is 3. The Morgan fingerprint density at radius 2 is 1.85 bits per heavy atom. The molecule has 0 amide bonds. The number of aliphatic hydroxyl groups is 2. The molecule has 0 saturated carbocycles. The second-order valence-corrected chi connectivity index (χ2v) is 14.0. The van der Waals surface area contributed by atoms with Crippen molar-refractivity contribution in [3.63, 3.8) is 0 Å². The second-order valence-electron chi connectivity index (χ2n) is 12.8. The Morgan fingerprint density at radius 1 is 1.10 bits per heavy atom. The van der Waals surface area contributed by atoms with Crippen LogP contribution in [0.15, 0.2) is 88.1 Å². The van der Waals surface area contributed by atoms with E-state index in [-0.39, 0.29) is 24.3 Å². The average Bonchev–Trinajstić information content (AvgIpc) is 3.61. The number of halogens is 2. The molecule has 2 aromatic heterocycles. The number of nitrogens with zero attached hydrogens (tertiary/aromatic N) is 4. The lowest BCUT2D eigenvalue weighted by atomic mass is 9.89. The number of carboxylic acids is 1. The van der Waals surface area contributed by atoms with Crippen LogP contribution in [0.3, 0.4) is 0 Å². The summed E-state index contributed by atoms with van der Waals surface area (Å²) in [6.07, 6.45) is 3.20. The van der Waals surface area contributed by atoms with Gasteiger partial charge in [-0.25, -0.2) is 0 Å². The van der Waals surface area contributed by atoms with E-state index in [4.69, 9.17) is 31.3 Å². The van der Waals surface area contributed by atoms with E-state index < -0.39 is 24.2 Å². The zero-order valence-corrected chi connectivity index (χ0v) is 30.8. The van der Waals surface area contributed by atoms with E-state index in [0.717, 1.165) is 58.2 Å². The van der Waals surface area contributed by atoms with E-state index in [0.29, 0.717) is 35.1 Å². The lowest BCUT2D eigenvalue weighted by Crippen LogP contribution is -2.56. The molecule has 1 aliphatic rings. The Labute approximate surface area is 314 Å². The van der Waals surface area contributed by atoms with Gasteiger partial charge >= 0.3 is 5.97 Å². The molecule has 0 spiro atoms. The number of ether oxygens (including phenoxy) is 2. The maximum atomic E-state index is 12.2. The fourth-order valence-corrected chi connectivity index (χ4v) is 7.02. The summed E-state index contributed by atoms with van der Waals surface area (Å²) in [6.45, 7) is 3.47. The zero-order valence-electron chi connectivity index (χ0n) is 28.4. The summed E-state index contributed by atoms with van der Waals surface area (Å²) < 4.78 is 18.7. The molecule has 1 saturated heterocycles. The molecule has 272 valence electrons. The molecular formula is C38H39BrClN5O7. The van der Waals surface area contributed by atoms with Crippen molar-refractivity contribution in [1.29, 1.82) is 0 Å². The van der Waals surface area contributed by atoms with Gasteiger partial charge in [-0.05, 0) is 87.8 Å². The number of carboxylic acid groups (broad SMARTS) is 1. The summed E-state index contributed by atoms with van der Waals surface area (Å²) in [5, 5.41) is 34.2. The number of hydrogen-bond donors (Lipinski definition) is 4. The predicted octanol–water partition coefficient (Wildman–Crippen LogP) is 6.09. The molecular weight excluding hydrogens is 754 g/mol. The fraction of sp³-hybridized carbons (Fsp3) is 0.316. The minimum absolute atomic E-state index is 0.00842. The van der Waals surface area contributed by atoms with Gasteiger partial charge in [0.25, 0.3) is 5.89 Å². The molecule has 1 aliphatic heterocycles. The molecule has 12 nitrogen and oxygen atoms in total. The monoisotopic (exact) mass is 791 g/mol. The zero-order chi connectivity index (χ0) is 36.8. The SMILES string of the molecule is Cc1c(-c2nc(CN3CCC(O)CC3)no2)cccc1-c1cccc(COc2ccc(C(OCc3cccnc3)[C@](N)(CO)C(=O)O)cc2Cl)c1Br. The number of likely N-dealkylation sites (tertiary alicyclic amines) is 1. The van der Waals surface area contributed by atoms with Gasteiger partial charge in [-0.2, -0.15) is 4.98 Å². The Morgan fingerprint density at radius 3 is 2.56 bits per heavy atom. The number of hydrogen-bond acceptors (Lipinski definition) is 11. The van der Waals surface area contributed by atoms with Crippen LogP contribution in [-0.4, -0.2) is 72.7 Å². The van der Waals surface area contributed by atoms with Gasteiger partial charge in [0.1, 0.15) is 18.5 Å². The van der Waals surface area contributed by atoms with E-state index in [9.17, 15) is 20.1 Å². The van der Waals surface area contributed by atoms with Gasteiger partial charge in [0.2, 0.25) is 0 Å². The van der Waals surface area contributed by atoms with Crippen molar-refractivity contribution in [3.8, 4) is 28.3 Å². The Hall–Kier alpha value is -4.21. The number of benzene rings is 3. The van der Waals surface area contributed by atoms with Crippen LogP contribution in [0.5, 0.6) is 5.75 Å². The maximum absolute atomic E-state index is 12.2. The molecule has 0 radical (unpaired) electrons. The van der Waals surface area contributed by atoms with Gasteiger partial charge in [-0.1, -0.05) is 59.2 Å². The van der Waals surface area contributed by atoms with Crippen molar-refractivity contribution >= 4 is 33.5 Å². The molecule has 3 heterocycles. The molecule has 0 aliphatic carbocycles. The second kappa shape index (κ2) is 16.6. The van der Waals surface area contributed by atoms with Gasteiger partial charge in [-0.3, -0.25) is 14.7 Å². The lowest BCUT2D eigenvalue weighted by Gasteiger charge is -2.32. The molecule has 2 atom stereocenters. The lowest BCUT2D eigenvalue weighted by molar-refractivity contribution is -0.154. The van der Waals surface area contributed by atoms with E-state index in [1.165, 1.54) is 6.07 Å². The largest absolute Gasteiger partial charge is 0.487 e. The maximum Gasteiger partial charge on any atom is 0.329 e. The first kappa shape index (κ1) is 37.5. The third-order valence-electron chi connectivity index (χ3n) is 9.23. The molecule has 5 N–H and O–H groups in total. The third kappa shape index (κ3) is 8.37. The summed E-state index contributed by atoms with van der Waals surface area (Å²) in [5.74, 6) is -0.0144. The molecule has 5 aromatic rings. The Bertz CT molecular complexity index is 2010. The molecule has 1 fully saturated rings. The average molecular weight is 793 g/mol. The van der Waals surface area contributed by atoms with Crippen LogP contribution in [0, 0.1) is 6.92 Å². The van der Waals surface area contributed by atoms with Gasteiger partial charge in [0.15, 0.2) is 11.4 Å². The van der Waals surface area contributed by atoms with Crippen molar-refractivity contribution in [2.45, 2.75) is 57.3 Å². The van der Waals surface area contributed by atoms with E-state index in [2.05, 4.69) is 36.0 Å². The van der Waals surface area contributed by atoms with Gasteiger partial charge in [-0.15, -0.1) is 0 Å². The van der Waals surface area contributed by atoms with Crippen molar-refractivity contribution in [3.05, 3.63) is 117 Å². The van der Waals surface area contributed by atoms with Crippen LogP contribution in [0.25, 0.3) is 22.6 Å². The van der Waals surface area contributed by atoms with Crippen molar-refractivity contribution in [2.75, 3.05) is 19.7 Å². The molecule has 6 rings (SSSR count). The minimum Gasteiger partial charge on any atom is -0.487 e. The molecule has 52 heavy (non-hydrogen) atoms. The summed E-state index contributed by atoms with van der Waals surface area (Å²) in [7, 11) is 0. The molecule has 1 unspecified atom stereocenters. The van der Waals surface area contributed by atoms with Crippen LogP contribution < -0.4 is 10.5 Å². The van der Waals surface area contributed by atoms with Crippen molar-refractivity contribution in [2.24, 2.45) is 5.73 Å². The van der Waals surface area contributed by atoms with Crippen molar-refractivity contribution < 1.29 is 34.1 Å². The molecule has 14 heteroatoms. The van der Waals surface area contributed by atoms with Crippen LogP contribution >= 0.6 is 27.5 Å². The van der Waals surface area contributed by atoms with Crippen LogP contribution in [0.1, 0.15) is 47.0 Å². The topological polar surface area (TPSA) is 177 Å². The highest BCUT2D eigenvalue weighted by atomic mass is 79.9. The summed E-state index contributed by atoms with van der Waals surface area (Å²) >= 11 is 10.5. The first-order valence-corrected chi connectivity index (χ1v) is 17.9. The summed E-state index contributed by atoms with van der Waals surface area (Å²) in [4.78, 5) is 23.1. The number of nitrogens with two attached hydrogens (primary N) is 1. The van der Waals surface area contributed by atoms with Crippen LogP contribution in [0.2, 0.25) is 5.02 Å². The van der Waals surface area contributed by atoms with Gasteiger partial charge in [0, 0.05) is 41.1 Å². The third-order valence-corrected chi connectivity index (χ3v) is 10.5. The number of carbonyl (C=O) groups is 1. The Kier molecular flexibility index (Phi) is 12.0. The molecule has 0 bridgehead atoms. The van der Waals surface area contributed by atoms with Crippen molar-refractivity contribution in [1.82, 2.24) is 20.0 Å². The quantitative estimate of drug-likeness (QED) is 0.102. The number of aliphatic carboxylic acids is 1. The van der Waals surface area contributed by atoms with Gasteiger partial charge in [0.05, 0.1) is 30.9 Å². The first-order chi connectivity index (χ1) is 25.1. The fourth-order valence-electron chi connectivity index (χ4n) is 6.18. The van der Waals surface area contributed by atoms with E-state index >= 15 is 0 Å². The number of aliphatic hydroxyl groups excluding tert-OH is 2.